The predicted molar refractivity (Wildman–Crippen MR) is 51.7 cm³/mol. The molecule has 0 amide bonds. The second-order valence-corrected chi connectivity index (χ2v) is 4.05. The molecule has 0 atom stereocenters. The standard InChI is InChI=1S/C10H9Cl2/c11-9-2-1-3-10(12)8(9)6-7-4-5-7/h1-2,7H,4-6H2. The molecule has 0 nitrogen and oxygen atoms in total. The summed E-state index contributed by atoms with van der Waals surface area (Å²) in [6.07, 6.45) is 3.66. The van der Waals surface area contributed by atoms with E-state index in [1.165, 1.54) is 12.8 Å². The van der Waals surface area contributed by atoms with Gasteiger partial charge in [0.05, 0.1) is 5.02 Å². The molecule has 0 spiro atoms. The molecule has 63 valence electrons. The highest BCUT2D eigenvalue weighted by molar-refractivity contribution is 6.35. The minimum Gasteiger partial charge on any atom is -0.0840 e. The number of hydrogen-bond acceptors (Lipinski definition) is 0. The van der Waals surface area contributed by atoms with Crippen LogP contribution in [0.3, 0.4) is 0 Å². The number of hydrogen-bond donors (Lipinski definition) is 0. The molecule has 0 heterocycles. The molecule has 0 bridgehead atoms. The summed E-state index contributed by atoms with van der Waals surface area (Å²) in [6, 6.07) is 6.57. The highest BCUT2D eigenvalue weighted by Crippen LogP contribution is 2.36. The van der Waals surface area contributed by atoms with Crippen molar-refractivity contribution in [2.45, 2.75) is 19.3 Å². The van der Waals surface area contributed by atoms with Gasteiger partial charge in [-0.25, -0.2) is 0 Å². The average Bonchev–Trinajstić information content (AvgIpc) is 2.80. The molecule has 12 heavy (non-hydrogen) atoms. The molecule has 1 radical (unpaired) electrons. The molecule has 2 rings (SSSR count). The quantitative estimate of drug-likeness (QED) is 0.681. The second-order valence-electron chi connectivity index (χ2n) is 3.27. The van der Waals surface area contributed by atoms with Crippen LogP contribution in [0.1, 0.15) is 18.4 Å². The van der Waals surface area contributed by atoms with Gasteiger partial charge in [-0.2, -0.15) is 0 Å². The molecule has 0 aromatic heterocycles. The van der Waals surface area contributed by atoms with Crippen molar-refractivity contribution >= 4 is 23.2 Å². The third-order valence-electron chi connectivity index (χ3n) is 2.18. The summed E-state index contributed by atoms with van der Waals surface area (Å²) in [5.41, 5.74) is 1.07. The maximum Gasteiger partial charge on any atom is 0.0531 e. The first kappa shape index (κ1) is 8.40. The molecular weight excluding hydrogens is 191 g/mol. The van der Waals surface area contributed by atoms with E-state index in [0.717, 1.165) is 22.9 Å². The lowest BCUT2D eigenvalue weighted by Gasteiger charge is -2.04. The van der Waals surface area contributed by atoms with Crippen molar-refractivity contribution in [1.82, 2.24) is 0 Å². The van der Waals surface area contributed by atoms with Gasteiger partial charge in [0.25, 0.3) is 0 Å². The van der Waals surface area contributed by atoms with Crippen LogP contribution in [0, 0.1) is 12.0 Å². The Bertz CT molecular complexity index is 270. The highest BCUT2D eigenvalue weighted by Gasteiger charge is 2.23. The zero-order valence-electron chi connectivity index (χ0n) is 6.61. The van der Waals surface area contributed by atoms with E-state index in [1.54, 1.807) is 6.07 Å². The van der Waals surface area contributed by atoms with Crippen LogP contribution in [0.2, 0.25) is 10.0 Å². The van der Waals surface area contributed by atoms with Crippen molar-refractivity contribution < 1.29 is 0 Å². The summed E-state index contributed by atoms with van der Waals surface area (Å²) < 4.78 is 0. The van der Waals surface area contributed by atoms with Crippen LogP contribution in [0.5, 0.6) is 0 Å². The molecular formula is C10H9Cl2. The molecule has 1 saturated carbocycles. The Kier molecular flexibility index (Phi) is 2.29. The molecule has 0 N–H and O–H groups in total. The van der Waals surface area contributed by atoms with Crippen LogP contribution in [0.4, 0.5) is 0 Å². The third-order valence-corrected chi connectivity index (χ3v) is 2.87. The van der Waals surface area contributed by atoms with Gasteiger partial charge < -0.3 is 0 Å². The SMILES string of the molecule is Clc1[c]ccc(Cl)c1CC1CC1. The van der Waals surface area contributed by atoms with E-state index in [-0.39, 0.29) is 0 Å². The Morgan fingerprint density at radius 2 is 2.17 bits per heavy atom. The fraction of sp³-hybridized carbons (Fsp3) is 0.400. The summed E-state index contributed by atoms with van der Waals surface area (Å²) in [7, 11) is 0. The lowest BCUT2D eigenvalue weighted by atomic mass is 10.1. The Balaban J connectivity index is 2.26. The van der Waals surface area contributed by atoms with Gasteiger partial charge in [-0.15, -0.1) is 0 Å². The smallest absolute Gasteiger partial charge is 0.0531 e. The first-order chi connectivity index (χ1) is 5.77. The first-order valence-electron chi connectivity index (χ1n) is 4.12. The number of halogens is 2. The van der Waals surface area contributed by atoms with Crippen LogP contribution in [0.15, 0.2) is 12.1 Å². The molecule has 1 aliphatic carbocycles. The largest absolute Gasteiger partial charge is 0.0840 e. The number of rotatable bonds is 2. The molecule has 1 aromatic rings. The fourth-order valence-corrected chi connectivity index (χ4v) is 1.80. The molecule has 1 fully saturated rings. The zero-order valence-corrected chi connectivity index (χ0v) is 8.12. The van der Waals surface area contributed by atoms with E-state index < -0.39 is 0 Å². The summed E-state index contributed by atoms with van der Waals surface area (Å²) in [5, 5.41) is 1.47. The van der Waals surface area contributed by atoms with Gasteiger partial charge in [-0.05, 0) is 36.8 Å². The normalized spacial score (nSPS) is 16.5. The van der Waals surface area contributed by atoms with Gasteiger partial charge in [0, 0.05) is 11.1 Å². The van der Waals surface area contributed by atoms with Gasteiger partial charge in [-0.1, -0.05) is 29.3 Å². The van der Waals surface area contributed by atoms with E-state index in [9.17, 15) is 0 Å². The van der Waals surface area contributed by atoms with Crippen LogP contribution in [-0.4, -0.2) is 0 Å². The molecule has 0 aliphatic heterocycles. The van der Waals surface area contributed by atoms with Crippen molar-refractivity contribution in [3.05, 3.63) is 33.8 Å². The Morgan fingerprint density at radius 3 is 2.75 bits per heavy atom. The van der Waals surface area contributed by atoms with Crippen molar-refractivity contribution in [1.29, 1.82) is 0 Å². The maximum atomic E-state index is 6.00. The molecule has 0 saturated heterocycles. The Labute approximate surface area is 82.5 Å². The van der Waals surface area contributed by atoms with Crippen LogP contribution in [-0.2, 0) is 6.42 Å². The lowest BCUT2D eigenvalue weighted by Crippen LogP contribution is -1.89. The fourth-order valence-electron chi connectivity index (χ4n) is 1.28. The van der Waals surface area contributed by atoms with Gasteiger partial charge in [0.2, 0.25) is 0 Å². The Hall–Kier alpha value is -0.200. The predicted octanol–water partition coefficient (Wildman–Crippen LogP) is 3.75. The van der Waals surface area contributed by atoms with Crippen LogP contribution >= 0.6 is 23.2 Å². The van der Waals surface area contributed by atoms with E-state index in [2.05, 4.69) is 6.07 Å². The van der Waals surface area contributed by atoms with E-state index in [0.29, 0.717) is 5.02 Å². The van der Waals surface area contributed by atoms with Gasteiger partial charge in [0.15, 0.2) is 0 Å². The summed E-state index contributed by atoms with van der Waals surface area (Å²) in [6.45, 7) is 0. The monoisotopic (exact) mass is 199 g/mol. The summed E-state index contributed by atoms with van der Waals surface area (Å²) >= 11 is 12.0. The molecule has 1 aliphatic rings. The minimum absolute atomic E-state index is 0.689. The summed E-state index contributed by atoms with van der Waals surface area (Å²) in [5.74, 6) is 0.816. The maximum absolute atomic E-state index is 6.00. The van der Waals surface area contributed by atoms with E-state index >= 15 is 0 Å². The van der Waals surface area contributed by atoms with Crippen molar-refractivity contribution in [2.75, 3.05) is 0 Å². The van der Waals surface area contributed by atoms with E-state index in [1.807, 2.05) is 6.07 Å². The second kappa shape index (κ2) is 3.27. The molecule has 0 unspecified atom stereocenters. The van der Waals surface area contributed by atoms with Crippen LogP contribution in [0.25, 0.3) is 0 Å². The first-order valence-corrected chi connectivity index (χ1v) is 4.87. The van der Waals surface area contributed by atoms with Gasteiger partial charge in [-0.3, -0.25) is 0 Å². The van der Waals surface area contributed by atoms with Crippen molar-refractivity contribution in [3.8, 4) is 0 Å². The van der Waals surface area contributed by atoms with Crippen molar-refractivity contribution in [3.63, 3.8) is 0 Å². The molecule has 1 aromatic carbocycles. The van der Waals surface area contributed by atoms with Gasteiger partial charge >= 0.3 is 0 Å². The highest BCUT2D eigenvalue weighted by atomic mass is 35.5. The number of benzene rings is 1. The van der Waals surface area contributed by atoms with Crippen LogP contribution < -0.4 is 0 Å². The van der Waals surface area contributed by atoms with E-state index in [4.69, 9.17) is 23.2 Å². The van der Waals surface area contributed by atoms with Gasteiger partial charge in [0.1, 0.15) is 0 Å². The topological polar surface area (TPSA) is 0 Å². The lowest BCUT2D eigenvalue weighted by molar-refractivity contribution is 0.832. The average molecular weight is 200 g/mol. The summed E-state index contributed by atoms with van der Waals surface area (Å²) in [4.78, 5) is 0. The third kappa shape index (κ3) is 1.75. The molecule has 2 heteroatoms. The Morgan fingerprint density at radius 1 is 1.42 bits per heavy atom. The zero-order chi connectivity index (χ0) is 8.55. The minimum atomic E-state index is 0.689. The van der Waals surface area contributed by atoms with Crippen molar-refractivity contribution in [2.24, 2.45) is 5.92 Å².